The number of imidazole rings is 1. The fraction of sp³-hybridized carbons (Fsp3) is 0.571. The highest BCUT2D eigenvalue weighted by Gasteiger charge is 2.23. The summed E-state index contributed by atoms with van der Waals surface area (Å²) in [5, 5.41) is -0.627. The van der Waals surface area contributed by atoms with Gasteiger partial charge in [0, 0.05) is 19.4 Å². The Bertz CT molecular complexity index is 382. The Morgan fingerprint density at radius 1 is 1.62 bits per heavy atom. The van der Waals surface area contributed by atoms with E-state index in [1.165, 1.54) is 7.05 Å². The average molecular weight is 203 g/mol. The first-order valence-electron chi connectivity index (χ1n) is 3.88. The van der Waals surface area contributed by atoms with Gasteiger partial charge in [-0.25, -0.2) is 18.1 Å². The second kappa shape index (κ2) is 3.47. The molecule has 1 N–H and O–H groups in total. The van der Waals surface area contributed by atoms with Crippen LogP contribution in [0.15, 0.2) is 12.4 Å². The zero-order valence-corrected chi connectivity index (χ0v) is 8.67. The Labute approximate surface area is 77.8 Å². The summed E-state index contributed by atoms with van der Waals surface area (Å²) in [6.45, 7) is 1.61. The van der Waals surface area contributed by atoms with Gasteiger partial charge in [0.25, 0.3) is 0 Å². The van der Waals surface area contributed by atoms with Gasteiger partial charge in [-0.2, -0.15) is 0 Å². The van der Waals surface area contributed by atoms with Gasteiger partial charge in [0.15, 0.2) is 0 Å². The zero-order valence-electron chi connectivity index (χ0n) is 7.85. The van der Waals surface area contributed by atoms with Crippen LogP contribution in [0.25, 0.3) is 0 Å². The third-order valence-corrected chi connectivity index (χ3v) is 3.68. The molecule has 1 atom stereocenters. The molecular formula is C7H13N3O2S. The molecule has 0 aromatic carbocycles. The van der Waals surface area contributed by atoms with Crippen molar-refractivity contribution in [3.63, 3.8) is 0 Å². The van der Waals surface area contributed by atoms with Crippen molar-refractivity contribution < 1.29 is 8.42 Å². The molecule has 74 valence electrons. The van der Waals surface area contributed by atoms with Crippen LogP contribution in [0.3, 0.4) is 0 Å². The van der Waals surface area contributed by atoms with Crippen LogP contribution in [0.4, 0.5) is 0 Å². The first-order chi connectivity index (χ1) is 5.99. The van der Waals surface area contributed by atoms with E-state index < -0.39 is 15.3 Å². The van der Waals surface area contributed by atoms with Gasteiger partial charge in [-0.15, -0.1) is 0 Å². The van der Waals surface area contributed by atoms with Crippen molar-refractivity contribution in [3.8, 4) is 0 Å². The molecule has 0 saturated heterocycles. The van der Waals surface area contributed by atoms with Gasteiger partial charge in [0.1, 0.15) is 11.1 Å². The third kappa shape index (κ3) is 1.89. The van der Waals surface area contributed by atoms with E-state index in [9.17, 15) is 8.42 Å². The maximum Gasteiger partial charge on any atom is 0.221 e. The quantitative estimate of drug-likeness (QED) is 0.753. The topological polar surface area (TPSA) is 64.0 Å². The van der Waals surface area contributed by atoms with Gasteiger partial charge >= 0.3 is 0 Å². The second-order valence-corrected chi connectivity index (χ2v) is 4.99. The number of rotatable bonds is 3. The molecule has 0 amide bonds. The highest BCUT2D eigenvalue weighted by molar-refractivity contribution is 7.89. The summed E-state index contributed by atoms with van der Waals surface area (Å²) in [5.41, 5.74) is 0. The summed E-state index contributed by atoms with van der Waals surface area (Å²) >= 11 is 0. The number of hydrogen-bond acceptors (Lipinski definition) is 3. The van der Waals surface area contributed by atoms with Crippen molar-refractivity contribution in [1.29, 1.82) is 0 Å². The zero-order chi connectivity index (χ0) is 10.1. The van der Waals surface area contributed by atoms with Gasteiger partial charge in [-0.05, 0) is 14.0 Å². The first kappa shape index (κ1) is 10.2. The lowest BCUT2D eigenvalue weighted by atomic mass is 10.4. The molecule has 0 fully saturated rings. The van der Waals surface area contributed by atoms with E-state index in [0.717, 1.165) is 0 Å². The van der Waals surface area contributed by atoms with Crippen LogP contribution >= 0.6 is 0 Å². The Hall–Kier alpha value is -0.880. The SMILES string of the molecule is CNS(=O)(=O)[C@@H](C)c1nccn1C. The lowest BCUT2D eigenvalue weighted by molar-refractivity contribution is 0.572. The van der Waals surface area contributed by atoms with Crippen LogP contribution in [0.5, 0.6) is 0 Å². The van der Waals surface area contributed by atoms with E-state index in [2.05, 4.69) is 9.71 Å². The van der Waals surface area contributed by atoms with Gasteiger partial charge < -0.3 is 4.57 Å². The molecule has 0 spiro atoms. The largest absolute Gasteiger partial charge is 0.337 e. The Balaban J connectivity index is 3.05. The predicted molar refractivity (Wildman–Crippen MR) is 49.6 cm³/mol. The van der Waals surface area contributed by atoms with Crippen molar-refractivity contribution in [2.45, 2.75) is 12.2 Å². The van der Waals surface area contributed by atoms with E-state index in [1.54, 1.807) is 30.9 Å². The fourth-order valence-corrected chi connectivity index (χ4v) is 1.94. The minimum atomic E-state index is -3.28. The standard InChI is InChI=1S/C7H13N3O2S/c1-6(13(11,12)8-2)7-9-4-5-10(7)3/h4-6,8H,1-3H3/t6-/m0/s1. The molecule has 0 radical (unpaired) electrons. The second-order valence-electron chi connectivity index (χ2n) is 2.79. The number of nitrogens with zero attached hydrogens (tertiary/aromatic N) is 2. The highest BCUT2D eigenvalue weighted by Crippen LogP contribution is 2.17. The summed E-state index contributed by atoms with van der Waals surface area (Å²) in [5.74, 6) is 0.536. The van der Waals surface area contributed by atoms with Crippen molar-refractivity contribution >= 4 is 10.0 Å². The lowest BCUT2D eigenvalue weighted by Gasteiger charge is -2.11. The van der Waals surface area contributed by atoms with Crippen molar-refractivity contribution in [1.82, 2.24) is 14.3 Å². The molecule has 13 heavy (non-hydrogen) atoms. The molecule has 0 aliphatic heterocycles. The van der Waals surface area contributed by atoms with E-state index in [0.29, 0.717) is 5.82 Å². The normalized spacial score (nSPS) is 14.4. The lowest BCUT2D eigenvalue weighted by Crippen LogP contribution is -2.25. The summed E-state index contributed by atoms with van der Waals surface area (Å²) < 4.78 is 26.7. The van der Waals surface area contributed by atoms with Crippen LogP contribution in [-0.4, -0.2) is 25.0 Å². The molecule has 1 aromatic rings. The van der Waals surface area contributed by atoms with E-state index in [4.69, 9.17) is 0 Å². The third-order valence-electron chi connectivity index (χ3n) is 1.97. The maximum atomic E-state index is 11.4. The number of sulfonamides is 1. The maximum absolute atomic E-state index is 11.4. The van der Waals surface area contributed by atoms with Crippen molar-refractivity contribution in [2.75, 3.05) is 7.05 Å². The predicted octanol–water partition coefficient (Wildman–Crippen LogP) is 0.0303. The van der Waals surface area contributed by atoms with Crippen LogP contribution in [0.2, 0.25) is 0 Å². The van der Waals surface area contributed by atoms with Crippen molar-refractivity contribution in [2.24, 2.45) is 7.05 Å². The monoisotopic (exact) mass is 203 g/mol. The Morgan fingerprint density at radius 2 is 2.23 bits per heavy atom. The molecular weight excluding hydrogens is 190 g/mol. The van der Waals surface area contributed by atoms with Crippen LogP contribution < -0.4 is 4.72 Å². The molecule has 0 aliphatic carbocycles. The smallest absolute Gasteiger partial charge is 0.221 e. The summed E-state index contributed by atoms with van der Waals surface area (Å²) in [4.78, 5) is 3.97. The van der Waals surface area contributed by atoms with Crippen LogP contribution in [0.1, 0.15) is 18.0 Å². The molecule has 1 heterocycles. The molecule has 0 bridgehead atoms. The van der Waals surface area contributed by atoms with E-state index in [-0.39, 0.29) is 0 Å². The molecule has 1 aromatic heterocycles. The molecule has 5 nitrogen and oxygen atoms in total. The Morgan fingerprint density at radius 3 is 2.62 bits per heavy atom. The average Bonchev–Trinajstić information content (AvgIpc) is 2.50. The van der Waals surface area contributed by atoms with Gasteiger partial charge in [0.2, 0.25) is 10.0 Å². The molecule has 0 saturated carbocycles. The first-order valence-corrected chi connectivity index (χ1v) is 5.43. The highest BCUT2D eigenvalue weighted by atomic mass is 32.2. The van der Waals surface area contributed by atoms with Crippen molar-refractivity contribution in [3.05, 3.63) is 18.2 Å². The summed E-state index contributed by atoms with van der Waals surface area (Å²) in [6.07, 6.45) is 3.30. The van der Waals surface area contributed by atoms with Gasteiger partial charge in [-0.1, -0.05) is 0 Å². The fourth-order valence-electron chi connectivity index (χ4n) is 1.08. The summed E-state index contributed by atoms with van der Waals surface area (Å²) in [6, 6.07) is 0. The molecule has 0 aliphatic rings. The minimum Gasteiger partial charge on any atom is -0.337 e. The van der Waals surface area contributed by atoms with Gasteiger partial charge in [-0.3, -0.25) is 0 Å². The van der Waals surface area contributed by atoms with E-state index in [1.807, 2.05) is 0 Å². The van der Waals surface area contributed by atoms with Crippen LogP contribution in [0, 0.1) is 0 Å². The van der Waals surface area contributed by atoms with Gasteiger partial charge in [0.05, 0.1) is 0 Å². The number of aromatic nitrogens is 2. The van der Waals surface area contributed by atoms with Crippen LogP contribution in [-0.2, 0) is 17.1 Å². The number of nitrogens with one attached hydrogen (secondary N) is 1. The number of hydrogen-bond donors (Lipinski definition) is 1. The number of aryl methyl sites for hydroxylation is 1. The Kier molecular flexibility index (Phi) is 2.72. The molecule has 0 unspecified atom stereocenters. The summed E-state index contributed by atoms with van der Waals surface area (Å²) in [7, 11) is -0.112. The minimum absolute atomic E-state index is 0.536. The van der Waals surface area contributed by atoms with E-state index >= 15 is 0 Å². The molecule has 1 rings (SSSR count). The molecule has 6 heteroatoms.